The maximum atomic E-state index is 4.58. The third kappa shape index (κ3) is 3.57. The minimum absolute atomic E-state index is 0.618. The molecule has 0 aromatic carbocycles. The molecule has 0 atom stereocenters. The lowest BCUT2D eigenvalue weighted by Gasteiger charge is -2.32. The molecule has 1 aliphatic heterocycles. The van der Waals surface area contributed by atoms with E-state index in [0.29, 0.717) is 5.92 Å². The molecule has 0 radical (unpaired) electrons. The molecule has 1 aliphatic rings. The monoisotopic (exact) mass is 249 g/mol. The summed E-state index contributed by atoms with van der Waals surface area (Å²) in [6, 6.07) is 1.93. The van der Waals surface area contributed by atoms with Gasteiger partial charge in [-0.3, -0.25) is 0 Å². The summed E-state index contributed by atoms with van der Waals surface area (Å²) in [5.74, 6) is 2.39. The quantitative estimate of drug-likeness (QED) is 0.871. The van der Waals surface area contributed by atoms with Crippen LogP contribution in [0.3, 0.4) is 0 Å². The minimum Gasteiger partial charge on any atom is -0.370 e. The lowest BCUT2D eigenvalue weighted by atomic mass is 10.2. The van der Waals surface area contributed by atoms with Crippen molar-refractivity contribution in [1.29, 1.82) is 0 Å². The second kappa shape index (κ2) is 6.00. The Morgan fingerprint density at radius 1 is 1.28 bits per heavy atom. The molecule has 2 rings (SSSR count). The lowest BCUT2D eigenvalue weighted by molar-refractivity contribution is 0.311. The van der Waals surface area contributed by atoms with Crippen molar-refractivity contribution in [2.45, 2.75) is 13.8 Å². The molecule has 0 bridgehead atoms. The highest BCUT2D eigenvalue weighted by Crippen LogP contribution is 2.13. The van der Waals surface area contributed by atoms with E-state index in [9.17, 15) is 0 Å². The first-order valence-corrected chi connectivity index (χ1v) is 6.65. The summed E-state index contributed by atoms with van der Waals surface area (Å²) < 4.78 is 0. The fourth-order valence-corrected chi connectivity index (χ4v) is 1.91. The highest BCUT2D eigenvalue weighted by molar-refractivity contribution is 5.41. The van der Waals surface area contributed by atoms with Crippen LogP contribution in [0.4, 0.5) is 11.8 Å². The van der Waals surface area contributed by atoms with Crippen LogP contribution in [0.25, 0.3) is 0 Å². The van der Waals surface area contributed by atoms with E-state index in [2.05, 4.69) is 46.0 Å². The van der Waals surface area contributed by atoms with Crippen molar-refractivity contribution in [2.24, 2.45) is 5.92 Å². The highest BCUT2D eigenvalue weighted by atomic mass is 15.3. The van der Waals surface area contributed by atoms with E-state index >= 15 is 0 Å². The van der Waals surface area contributed by atoms with E-state index in [1.165, 1.54) is 0 Å². The Hall–Kier alpha value is -1.36. The number of likely N-dealkylation sites (N-methyl/N-ethyl adjacent to an activating group) is 1. The molecular formula is C13H23N5. The molecule has 1 N–H and O–H groups in total. The van der Waals surface area contributed by atoms with Crippen molar-refractivity contribution >= 4 is 11.8 Å². The van der Waals surface area contributed by atoms with Gasteiger partial charge in [0.05, 0.1) is 0 Å². The van der Waals surface area contributed by atoms with Crippen molar-refractivity contribution in [3.8, 4) is 0 Å². The molecule has 5 nitrogen and oxygen atoms in total. The summed E-state index contributed by atoms with van der Waals surface area (Å²) in [5, 5.41) is 3.34. The summed E-state index contributed by atoms with van der Waals surface area (Å²) in [7, 11) is 2.15. The maximum absolute atomic E-state index is 4.58. The Labute approximate surface area is 109 Å². The molecule has 100 valence electrons. The molecule has 0 aliphatic carbocycles. The summed E-state index contributed by atoms with van der Waals surface area (Å²) >= 11 is 0. The fraction of sp³-hybridized carbons (Fsp3) is 0.692. The van der Waals surface area contributed by atoms with Crippen LogP contribution < -0.4 is 10.2 Å². The smallest absolute Gasteiger partial charge is 0.227 e. The first-order chi connectivity index (χ1) is 8.65. The van der Waals surface area contributed by atoms with Gasteiger partial charge < -0.3 is 15.1 Å². The molecule has 0 saturated carbocycles. The number of piperazine rings is 1. The van der Waals surface area contributed by atoms with Gasteiger partial charge in [0, 0.05) is 38.9 Å². The SMILES string of the molecule is CC(C)CNc1ccnc(N2CCN(C)CC2)n1. The molecule has 0 spiro atoms. The zero-order chi connectivity index (χ0) is 13.0. The van der Waals surface area contributed by atoms with Gasteiger partial charge >= 0.3 is 0 Å². The summed E-state index contributed by atoms with van der Waals surface area (Å²) in [5.41, 5.74) is 0. The van der Waals surface area contributed by atoms with E-state index in [1.807, 2.05) is 12.3 Å². The highest BCUT2D eigenvalue weighted by Gasteiger charge is 2.16. The van der Waals surface area contributed by atoms with E-state index in [0.717, 1.165) is 44.5 Å². The van der Waals surface area contributed by atoms with Crippen LogP contribution in [-0.2, 0) is 0 Å². The van der Waals surface area contributed by atoms with Crippen molar-refractivity contribution in [3.63, 3.8) is 0 Å². The zero-order valence-electron chi connectivity index (χ0n) is 11.6. The van der Waals surface area contributed by atoms with E-state index in [4.69, 9.17) is 0 Å². The van der Waals surface area contributed by atoms with Crippen LogP contribution in [-0.4, -0.2) is 54.6 Å². The summed E-state index contributed by atoms with van der Waals surface area (Å²) in [4.78, 5) is 13.5. The predicted molar refractivity (Wildman–Crippen MR) is 75.1 cm³/mol. The molecule has 0 amide bonds. The van der Waals surface area contributed by atoms with Gasteiger partial charge in [-0.1, -0.05) is 13.8 Å². The maximum Gasteiger partial charge on any atom is 0.227 e. The number of rotatable bonds is 4. The molecule has 1 aromatic rings. The molecule has 1 saturated heterocycles. The third-order valence-corrected chi connectivity index (χ3v) is 3.12. The van der Waals surface area contributed by atoms with Gasteiger partial charge in [-0.15, -0.1) is 0 Å². The van der Waals surface area contributed by atoms with E-state index < -0.39 is 0 Å². The van der Waals surface area contributed by atoms with Crippen LogP contribution in [0, 0.1) is 5.92 Å². The van der Waals surface area contributed by atoms with Gasteiger partial charge in [0.25, 0.3) is 0 Å². The number of hydrogen-bond acceptors (Lipinski definition) is 5. The standard InChI is InChI=1S/C13H23N5/c1-11(2)10-15-12-4-5-14-13(16-12)18-8-6-17(3)7-9-18/h4-5,11H,6-10H2,1-3H3,(H,14,15,16). The summed E-state index contributed by atoms with van der Waals surface area (Å²) in [6.07, 6.45) is 1.84. The first kappa shape index (κ1) is 13.1. The van der Waals surface area contributed by atoms with Gasteiger partial charge in [0.15, 0.2) is 0 Å². The van der Waals surface area contributed by atoms with Crippen molar-refractivity contribution < 1.29 is 0 Å². The average molecular weight is 249 g/mol. The van der Waals surface area contributed by atoms with Gasteiger partial charge in [-0.05, 0) is 19.0 Å². The Morgan fingerprint density at radius 2 is 2.00 bits per heavy atom. The number of anilines is 2. The molecule has 1 aromatic heterocycles. The van der Waals surface area contributed by atoms with Crippen molar-refractivity contribution in [3.05, 3.63) is 12.3 Å². The molecular weight excluding hydrogens is 226 g/mol. The van der Waals surface area contributed by atoms with Crippen molar-refractivity contribution in [2.75, 3.05) is 50.0 Å². The molecule has 2 heterocycles. The number of nitrogens with one attached hydrogen (secondary N) is 1. The molecule has 0 unspecified atom stereocenters. The zero-order valence-corrected chi connectivity index (χ0v) is 11.6. The molecule has 1 fully saturated rings. The van der Waals surface area contributed by atoms with Gasteiger partial charge in [0.1, 0.15) is 5.82 Å². The lowest BCUT2D eigenvalue weighted by Crippen LogP contribution is -2.45. The summed E-state index contributed by atoms with van der Waals surface area (Å²) in [6.45, 7) is 9.48. The Morgan fingerprint density at radius 3 is 2.67 bits per heavy atom. The second-order valence-corrected chi connectivity index (χ2v) is 5.31. The Balaban J connectivity index is 1.98. The van der Waals surface area contributed by atoms with Crippen LogP contribution in [0.5, 0.6) is 0 Å². The van der Waals surface area contributed by atoms with Crippen LogP contribution in [0.1, 0.15) is 13.8 Å². The molecule has 18 heavy (non-hydrogen) atoms. The van der Waals surface area contributed by atoms with Gasteiger partial charge in [0.2, 0.25) is 5.95 Å². The van der Waals surface area contributed by atoms with E-state index in [-0.39, 0.29) is 0 Å². The fourth-order valence-electron chi connectivity index (χ4n) is 1.91. The second-order valence-electron chi connectivity index (χ2n) is 5.31. The van der Waals surface area contributed by atoms with Gasteiger partial charge in [-0.2, -0.15) is 4.98 Å². The number of aromatic nitrogens is 2. The first-order valence-electron chi connectivity index (χ1n) is 6.65. The van der Waals surface area contributed by atoms with Crippen LogP contribution >= 0.6 is 0 Å². The van der Waals surface area contributed by atoms with E-state index in [1.54, 1.807) is 0 Å². The number of nitrogens with zero attached hydrogens (tertiary/aromatic N) is 4. The van der Waals surface area contributed by atoms with Crippen molar-refractivity contribution in [1.82, 2.24) is 14.9 Å². The normalized spacial score (nSPS) is 17.2. The van der Waals surface area contributed by atoms with Gasteiger partial charge in [-0.25, -0.2) is 4.98 Å². The Kier molecular flexibility index (Phi) is 4.36. The largest absolute Gasteiger partial charge is 0.370 e. The van der Waals surface area contributed by atoms with Crippen LogP contribution in [0.2, 0.25) is 0 Å². The predicted octanol–water partition coefficient (Wildman–Crippen LogP) is 1.30. The average Bonchev–Trinajstić information content (AvgIpc) is 2.37. The molecule has 5 heteroatoms. The van der Waals surface area contributed by atoms with Crippen LogP contribution in [0.15, 0.2) is 12.3 Å². The minimum atomic E-state index is 0.618. The third-order valence-electron chi connectivity index (χ3n) is 3.12. The topological polar surface area (TPSA) is 44.3 Å². The Bertz CT molecular complexity index is 371. The number of hydrogen-bond donors (Lipinski definition) is 1.